The van der Waals surface area contributed by atoms with Gasteiger partial charge in [0.1, 0.15) is 17.1 Å². The minimum absolute atomic E-state index is 0.341. The van der Waals surface area contributed by atoms with Gasteiger partial charge in [0.25, 0.3) is 5.91 Å². The molecule has 2 aromatic heterocycles. The number of hydrogen-bond donors (Lipinski definition) is 1. The van der Waals surface area contributed by atoms with Crippen molar-refractivity contribution < 1.29 is 13.9 Å². The summed E-state index contributed by atoms with van der Waals surface area (Å²) in [7, 11) is 0. The van der Waals surface area contributed by atoms with E-state index < -0.39 is 5.63 Å². The highest BCUT2D eigenvalue weighted by Gasteiger charge is 2.16. The Kier molecular flexibility index (Phi) is 5.23. The highest BCUT2D eigenvalue weighted by atomic mass is 32.1. The number of anilines is 1. The maximum absolute atomic E-state index is 12.9. The molecule has 6 nitrogen and oxygen atoms in total. The summed E-state index contributed by atoms with van der Waals surface area (Å²) < 4.78 is 11.3. The molecule has 5 aromatic rings. The van der Waals surface area contributed by atoms with Gasteiger partial charge < -0.3 is 9.15 Å². The summed E-state index contributed by atoms with van der Waals surface area (Å²) >= 11 is 1.23. The Morgan fingerprint density at radius 1 is 0.938 bits per heavy atom. The number of rotatable bonds is 5. The van der Waals surface area contributed by atoms with Crippen LogP contribution in [0.25, 0.3) is 22.2 Å². The van der Waals surface area contributed by atoms with Gasteiger partial charge in [-0.05, 0) is 36.4 Å². The summed E-state index contributed by atoms with van der Waals surface area (Å²) in [4.78, 5) is 29.7. The highest BCUT2D eigenvalue weighted by Crippen LogP contribution is 2.28. The van der Waals surface area contributed by atoms with Crippen molar-refractivity contribution in [3.8, 4) is 22.8 Å². The van der Waals surface area contributed by atoms with Gasteiger partial charge in [0.2, 0.25) is 0 Å². The second-order valence-electron chi connectivity index (χ2n) is 6.89. The van der Waals surface area contributed by atoms with E-state index >= 15 is 0 Å². The Balaban J connectivity index is 1.39. The quantitative estimate of drug-likeness (QED) is 0.341. The second-order valence-corrected chi connectivity index (χ2v) is 7.75. The zero-order chi connectivity index (χ0) is 21.9. The number of aromatic nitrogens is 1. The van der Waals surface area contributed by atoms with E-state index in [2.05, 4.69) is 10.3 Å². The molecule has 32 heavy (non-hydrogen) atoms. The third-order valence-corrected chi connectivity index (χ3v) is 5.50. The number of carbonyl (C=O) groups is 1. The molecule has 0 spiro atoms. The van der Waals surface area contributed by atoms with Gasteiger partial charge in [-0.15, -0.1) is 11.3 Å². The zero-order valence-electron chi connectivity index (χ0n) is 16.6. The lowest BCUT2D eigenvalue weighted by Crippen LogP contribution is -2.13. The van der Waals surface area contributed by atoms with E-state index in [9.17, 15) is 9.59 Å². The second kappa shape index (κ2) is 8.49. The summed E-state index contributed by atoms with van der Waals surface area (Å²) in [6.07, 6.45) is 0. The third kappa shape index (κ3) is 4.01. The molecule has 0 fully saturated rings. The van der Waals surface area contributed by atoms with E-state index in [4.69, 9.17) is 9.15 Å². The summed E-state index contributed by atoms with van der Waals surface area (Å²) in [6.45, 7) is 0. The molecule has 0 saturated heterocycles. The molecule has 1 amide bonds. The Morgan fingerprint density at radius 3 is 2.56 bits per heavy atom. The van der Waals surface area contributed by atoms with Gasteiger partial charge in [-0.25, -0.2) is 9.78 Å². The first-order valence-corrected chi connectivity index (χ1v) is 10.7. The lowest BCUT2D eigenvalue weighted by atomic mass is 10.1. The Morgan fingerprint density at radius 2 is 1.69 bits per heavy atom. The van der Waals surface area contributed by atoms with Gasteiger partial charge in [-0.3, -0.25) is 10.1 Å². The lowest BCUT2D eigenvalue weighted by Gasteiger charge is -2.10. The van der Waals surface area contributed by atoms with Crippen LogP contribution in [-0.2, 0) is 0 Å². The molecule has 0 aliphatic heterocycles. The van der Waals surface area contributed by atoms with Crippen molar-refractivity contribution >= 4 is 33.3 Å². The summed E-state index contributed by atoms with van der Waals surface area (Å²) in [5, 5.41) is 5.66. The number of benzene rings is 3. The van der Waals surface area contributed by atoms with Crippen LogP contribution in [-0.4, -0.2) is 10.9 Å². The molecular weight excluding hydrogens is 424 g/mol. The molecule has 0 bridgehead atoms. The molecule has 0 aliphatic rings. The fourth-order valence-electron chi connectivity index (χ4n) is 3.22. The lowest BCUT2D eigenvalue weighted by molar-refractivity contribution is 0.102. The van der Waals surface area contributed by atoms with E-state index in [1.54, 1.807) is 47.8 Å². The average Bonchev–Trinajstić information content (AvgIpc) is 3.27. The van der Waals surface area contributed by atoms with Gasteiger partial charge in [0, 0.05) is 10.8 Å². The number of amides is 1. The summed E-state index contributed by atoms with van der Waals surface area (Å²) in [5.74, 6) is 0.707. The van der Waals surface area contributed by atoms with E-state index in [0.717, 1.165) is 5.39 Å². The van der Waals surface area contributed by atoms with E-state index in [-0.39, 0.29) is 5.91 Å². The SMILES string of the molecule is O=C(Nc1nc(-c2cc3ccccc3oc2=O)cs1)c1ccccc1Oc1ccccc1. The standard InChI is InChI=1S/C25H16N2O4S/c28-23(18-11-5-7-13-22(18)30-17-9-2-1-3-10-17)27-25-26-20(15-32-25)19-14-16-8-4-6-12-21(16)31-24(19)29/h1-15H,(H,26,27,28). The molecule has 1 N–H and O–H groups in total. The largest absolute Gasteiger partial charge is 0.457 e. The molecule has 0 atom stereocenters. The van der Waals surface area contributed by atoms with E-state index in [1.807, 2.05) is 42.5 Å². The Bertz CT molecular complexity index is 1470. The van der Waals surface area contributed by atoms with Crippen molar-refractivity contribution in [2.75, 3.05) is 5.32 Å². The molecule has 5 rings (SSSR count). The van der Waals surface area contributed by atoms with Gasteiger partial charge in [-0.1, -0.05) is 48.5 Å². The Labute approximate surface area is 186 Å². The Hall–Kier alpha value is -4.23. The molecule has 0 unspecified atom stereocenters. The first-order chi connectivity index (χ1) is 15.7. The predicted molar refractivity (Wildman–Crippen MR) is 125 cm³/mol. The highest BCUT2D eigenvalue weighted by molar-refractivity contribution is 7.14. The number of para-hydroxylation sites is 3. The van der Waals surface area contributed by atoms with Crippen molar-refractivity contribution in [1.29, 1.82) is 0 Å². The predicted octanol–water partition coefficient (Wildman–Crippen LogP) is 5.96. The van der Waals surface area contributed by atoms with Crippen molar-refractivity contribution in [2.45, 2.75) is 0 Å². The number of nitrogens with one attached hydrogen (secondary N) is 1. The van der Waals surface area contributed by atoms with Crippen LogP contribution in [0.4, 0.5) is 5.13 Å². The van der Waals surface area contributed by atoms with Crippen LogP contribution < -0.4 is 15.7 Å². The number of nitrogens with zero attached hydrogens (tertiary/aromatic N) is 1. The van der Waals surface area contributed by atoms with Gasteiger partial charge in [-0.2, -0.15) is 0 Å². The molecule has 156 valence electrons. The average molecular weight is 440 g/mol. The molecular formula is C25H16N2O4S. The van der Waals surface area contributed by atoms with Crippen LogP contribution in [0.15, 0.2) is 99.5 Å². The monoisotopic (exact) mass is 440 g/mol. The molecule has 2 heterocycles. The first-order valence-electron chi connectivity index (χ1n) is 9.79. The maximum atomic E-state index is 12.9. The smallest absolute Gasteiger partial charge is 0.345 e. The van der Waals surface area contributed by atoms with Crippen molar-refractivity contribution in [1.82, 2.24) is 4.98 Å². The first kappa shape index (κ1) is 19.7. The molecule has 0 saturated carbocycles. The zero-order valence-corrected chi connectivity index (χ0v) is 17.5. The number of ether oxygens (including phenoxy) is 1. The normalized spacial score (nSPS) is 10.8. The molecule has 0 radical (unpaired) electrons. The van der Waals surface area contributed by atoms with Crippen LogP contribution in [0.1, 0.15) is 10.4 Å². The minimum Gasteiger partial charge on any atom is -0.457 e. The van der Waals surface area contributed by atoms with Crippen molar-refractivity contribution in [3.05, 3.63) is 106 Å². The van der Waals surface area contributed by atoms with Crippen LogP contribution in [0, 0.1) is 0 Å². The van der Waals surface area contributed by atoms with Crippen molar-refractivity contribution in [2.24, 2.45) is 0 Å². The van der Waals surface area contributed by atoms with E-state index in [1.165, 1.54) is 11.3 Å². The molecule has 0 aliphatic carbocycles. The topological polar surface area (TPSA) is 81.4 Å². The van der Waals surface area contributed by atoms with Crippen LogP contribution in [0.2, 0.25) is 0 Å². The van der Waals surface area contributed by atoms with Crippen molar-refractivity contribution in [3.63, 3.8) is 0 Å². The number of thiazole rings is 1. The van der Waals surface area contributed by atoms with Crippen LogP contribution >= 0.6 is 11.3 Å². The van der Waals surface area contributed by atoms with E-state index in [0.29, 0.717) is 39.0 Å². The summed E-state index contributed by atoms with van der Waals surface area (Å²) in [6, 6.07) is 25.2. The summed E-state index contributed by atoms with van der Waals surface area (Å²) in [5.41, 5.74) is 1.19. The van der Waals surface area contributed by atoms with Gasteiger partial charge in [0.05, 0.1) is 16.8 Å². The minimum atomic E-state index is -0.478. The number of carbonyl (C=O) groups excluding carboxylic acids is 1. The third-order valence-electron chi connectivity index (χ3n) is 4.74. The van der Waals surface area contributed by atoms with Crippen LogP contribution in [0.5, 0.6) is 11.5 Å². The maximum Gasteiger partial charge on any atom is 0.345 e. The fourth-order valence-corrected chi connectivity index (χ4v) is 3.92. The molecule has 3 aromatic carbocycles. The van der Waals surface area contributed by atoms with Crippen LogP contribution in [0.3, 0.4) is 0 Å². The fraction of sp³-hybridized carbons (Fsp3) is 0. The molecule has 7 heteroatoms. The van der Waals surface area contributed by atoms with Gasteiger partial charge in [0.15, 0.2) is 5.13 Å². The number of hydrogen-bond acceptors (Lipinski definition) is 6. The number of fused-ring (bicyclic) bond motifs is 1. The van der Waals surface area contributed by atoms with Gasteiger partial charge >= 0.3 is 5.63 Å².